The van der Waals surface area contributed by atoms with Crippen LogP contribution in [-0.2, 0) is 16.1 Å². The van der Waals surface area contributed by atoms with Crippen molar-refractivity contribution < 1.29 is 19.2 Å². The van der Waals surface area contributed by atoms with Gasteiger partial charge < -0.3 is 14.4 Å². The summed E-state index contributed by atoms with van der Waals surface area (Å²) in [6.45, 7) is 4.85. The van der Waals surface area contributed by atoms with Crippen molar-refractivity contribution in [2.45, 2.75) is 39.2 Å². The van der Waals surface area contributed by atoms with Gasteiger partial charge in [-0.2, -0.15) is 0 Å². The Labute approximate surface area is 94.4 Å². The van der Waals surface area contributed by atoms with E-state index < -0.39 is 5.97 Å². The fourth-order valence-corrected chi connectivity index (χ4v) is 1.17. The van der Waals surface area contributed by atoms with E-state index in [0.29, 0.717) is 25.6 Å². The van der Waals surface area contributed by atoms with Crippen LogP contribution in [0.2, 0.25) is 0 Å². The Morgan fingerprint density at radius 1 is 1.62 bits per heavy atom. The number of carboxylic acids is 1. The molecule has 0 aliphatic carbocycles. The second kappa shape index (κ2) is 6.27. The van der Waals surface area contributed by atoms with Gasteiger partial charge in [-0.05, 0) is 6.42 Å². The van der Waals surface area contributed by atoms with E-state index >= 15 is 0 Å². The van der Waals surface area contributed by atoms with Crippen molar-refractivity contribution in [3.8, 4) is 0 Å². The molecule has 16 heavy (non-hydrogen) atoms. The average molecular weight is 227 g/mol. The number of carbonyl (C=O) groups is 1. The molecule has 0 saturated heterocycles. The number of ether oxygens (including phenoxy) is 1. The molecule has 0 radical (unpaired) electrons. The van der Waals surface area contributed by atoms with Crippen LogP contribution in [-0.4, -0.2) is 22.8 Å². The Morgan fingerprint density at radius 3 is 2.94 bits per heavy atom. The first-order chi connectivity index (χ1) is 7.59. The van der Waals surface area contributed by atoms with Crippen molar-refractivity contribution in [3.63, 3.8) is 0 Å². The molecule has 1 rings (SSSR count). The molecule has 0 spiro atoms. The fraction of sp³-hybridized carbons (Fsp3) is 0.636. The number of aliphatic carboxylic acids is 1. The summed E-state index contributed by atoms with van der Waals surface area (Å²) in [7, 11) is 0. The number of hydrogen-bond acceptors (Lipinski definition) is 4. The van der Waals surface area contributed by atoms with Crippen molar-refractivity contribution in [3.05, 3.63) is 17.5 Å². The predicted molar refractivity (Wildman–Crippen MR) is 57.1 cm³/mol. The summed E-state index contributed by atoms with van der Waals surface area (Å²) in [5, 5.41) is 12.3. The van der Waals surface area contributed by atoms with E-state index in [1.807, 2.05) is 19.9 Å². The smallest absolute Gasteiger partial charge is 0.303 e. The number of rotatable bonds is 7. The molecule has 90 valence electrons. The Kier molecular flexibility index (Phi) is 4.98. The quantitative estimate of drug-likeness (QED) is 0.723. The maximum Gasteiger partial charge on any atom is 0.303 e. The number of nitrogens with zero attached hydrogens (tertiary/aromatic N) is 1. The molecule has 1 aromatic heterocycles. The SMILES string of the molecule is CC(C)c1cc(COCCCC(=O)O)no1. The van der Waals surface area contributed by atoms with E-state index in [0.717, 1.165) is 11.5 Å². The number of aromatic nitrogens is 1. The van der Waals surface area contributed by atoms with Gasteiger partial charge >= 0.3 is 5.97 Å². The third kappa shape index (κ3) is 4.44. The molecule has 0 aliphatic rings. The molecule has 5 nitrogen and oxygen atoms in total. The highest BCUT2D eigenvalue weighted by Crippen LogP contribution is 2.15. The van der Waals surface area contributed by atoms with Gasteiger partial charge in [0.15, 0.2) is 0 Å². The summed E-state index contributed by atoms with van der Waals surface area (Å²) in [5.41, 5.74) is 0.749. The third-order valence-electron chi connectivity index (χ3n) is 2.08. The molecule has 0 aromatic carbocycles. The zero-order valence-electron chi connectivity index (χ0n) is 9.60. The average Bonchev–Trinajstić information content (AvgIpc) is 2.65. The Balaban J connectivity index is 2.19. The molecule has 0 atom stereocenters. The molecule has 0 bridgehead atoms. The molecule has 0 fully saturated rings. The topological polar surface area (TPSA) is 72.6 Å². The standard InChI is InChI=1S/C11H17NO4/c1-8(2)10-6-9(12-16-10)7-15-5-3-4-11(13)14/h6,8H,3-5,7H2,1-2H3,(H,13,14). The van der Waals surface area contributed by atoms with Crippen LogP contribution < -0.4 is 0 Å². The lowest BCUT2D eigenvalue weighted by Gasteiger charge is -1.99. The van der Waals surface area contributed by atoms with Crippen LogP contribution in [0.5, 0.6) is 0 Å². The Morgan fingerprint density at radius 2 is 2.38 bits per heavy atom. The highest BCUT2D eigenvalue weighted by atomic mass is 16.5. The monoisotopic (exact) mass is 227 g/mol. The van der Waals surface area contributed by atoms with Crippen LogP contribution in [0.4, 0.5) is 0 Å². The fourth-order valence-electron chi connectivity index (χ4n) is 1.17. The summed E-state index contributed by atoms with van der Waals surface area (Å²) in [6, 6.07) is 1.86. The van der Waals surface area contributed by atoms with Crippen molar-refractivity contribution >= 4 is 5.97 Å². The molecule has 0 amide bonds. The first kappa shape index (κ1) is 12.7. The molecule has 0 aliphatic heterocycles. The maximum absolute atomic E-state index is 10.2. The van der Waals surface area contributed by atoms with E-state index in [4.69, 9.17) is 14.4 Å². The van der Waals surface area contributed by atoms with Gasteiger partial charge in [0.1, 0.15) is 11.5 Å². The minimum Gasteiger partial charge on any atom is -0.481 e. The highest BCUT2D eigenvalue weighted by molar-refractivity contribution is 5.66. The second-order valence-electron chi connectivity index (χ2n) is 3.93. The van der Waals surface area contributed by atoms with Gasteiger partial charge in [0.2, 0.25) is 0 Å². The van der Waals surface area contributed by atoms with Gasteiger partial charge in [0.05, 0.1) is 6.61 Å². The van der Waals surface area contributed by atoms with Crippen molar-refractivity contribution in [1.29, 1.82) is 0 Å². The van der Waals surface area contributed by atoms with Crippen molar-refractivity contribution in [2.24, 2.45) is 0 Å². The normalized spacial score (nSPS) is 10.9. The minimum atomic E-state index is -0.799. The van der Waals surface area contributed by atoms with Gasteiger partial charge in [-0.25, -0.2) is 0 Å². The van der Waals surface area contributed by atoms with Crippen LogP contribution in [0.3, 0.4) is 0 Å². The van der Waals surface area contributed by atoms with Gasteiger partial charge in [-0.3, -0.25) is 4.79 Å². The van der Waals surface area contributed by atoms with Crippen LogP contribution >= 0.6 is 0 Å². The van der Waals surface area contributed by atoms with Gasteiger partial charge in [-0.15, -0.1) is 0 Å². The molecule has 0 unspecified atom stereocenters. The van der Waals surface area contributed by atoms with Gasteiger partial charge in [0, 0.05) is 25.0 Å². The lowest BCUT2D eigenvalue weighted by Crippen LogP contribution is -2.00. The molecule has 0 saturated carbocycles. The molecule has 5 heteroatoms. The molecule has 1 aromatic rings. The third-order valence-corrected chi connectivity index (χ3v) is 2.08. The van der Waals surface area contributed by atoms with E-state index in [-0.39, 0.29) is 6.42 Å². The van der Waals surface area contributed by atoms with Crippen LogP contribution in [0.25, 0.3) is 0 Å². The van der Waals surface area contributed by atoms with Crippen LogP contribution in [0, 0.1) is 0 Å². The summed E-state index contributed by atoms with van der Waals surface area (Å²) in [6.07, 6.45) is 0.653. The lowest BCUT2D eigenvalue weighted by molar-refractivity contribution is -0.137. The zero-order valence-corrected chi connectivity index (χ0v) is 9.60. The highest BCUT2D eigenvalue weighted by Gasteiger charge is 2.07. The van der Waals surface area contributed by atoms with Gasteiger partial charge in [-0.1, -0.05) is 19.0 Å². The lowest BCUT2D eigenvalue weighted by atomic mass is 10.1. The summed E-state index contributed by atoms with van der Waals surface area (Å²) in [4.78, 5) is 10.2. The molecular formula is C11H17NO4. The number of hydrogen-bond donors (Lipinski definition) is 1. The first-order valence-corrected chi connectivity index (χ1v) is 5.34. The van der Waals surface area contributed by atoms with E-state index in [1.165, 1.54) is 0 Å². The maximum atomic E-state index is 10.2. The van der Waals surface area contributed by atoms with E-state index in [1.54, 1.807) is 0 Å². The summed E-state index contributed by atoms with van der Waals surface area (Å²) in [5.74, 6) is 0.351. The van der Waals surface area contributed by atoms with Crippen molar-refractivity contribution in [1.82, 2.24) is 5.16 Å². The molecule has 1 N–H and O–H groups in total. The molecular weight excluding hydrogens is 210 g/mol. The van der Waals surface area contributed by atoms with Crippen LogP contribution in [0.15, 0.2) is 10.6 Å². The Bertz CT molecular complexity index is 332. The Hall–Kier alpha value is -1.36. The van der Waals surface area contributed by atoms with E-state index in [9.17, 15) is 4.79 Å². The van der Waals surface area contributed by atoms with E-state index in [2.05, 4.69) is 5.16 Å². The summed E-state index contributed by atoms with van der Waals surface area (Å²) < 4.78 is 10.4. The van der Waals surface area contributed by atoms with Crippen molar-refractivity contribution in [2.75, 3.05) is 6.61 Å². The van der Waals surface area contributed by atoms with Crippen LogP contribution in [0.1, 0.15) is 44.1 Å². The second-order valence-corrected chi connectivity index (χ2v) is 3.93. The summed E-state index contributed by atoms with van der Waals surface area (Å²) >= 11 is 0. The minimum absolute atomic E-state index is 0.135. The van der Waals surface area contributed by atoms with Gasteiger partial charge in [0.25, 0.3) is 0 Å². The zero-order chi connectivity index (χ0) is 12.0. The first-order valence-electron chi connectivity index (χ1n) is 5.34. The number of carboxylic acid groups (broad SMARTS) is 1. The molecule has 1 heterocycles. The largest absolute Gasteiger partial charge is 0.481 e. The predicted octanol–water partition coefficient (Wildman–Crippen LogP) is 2.18.